The summed E-state index contributed by atoms with van der Waals surface area (Å²) in [5.74, 6) is 1.28. The van der Waals surface area contributed by atoms with Crippen molar-refractivity contribution in [2.75, 3.05) is 37.7 Å². The van der Waals surface area contributed by atoms with Gasteiger partial charge < -0.3 is 10.6 Å². The minimum absolute atomic E-state index is 0. The summed E-state index contributed by atoms with van der Waals surface area (Å²) in [6, 6.07) is 0.506. The lowest BCUT2D eigenvalue weighted by molar-refractivity contribution is -0.122. The molecule has 142 valence electrons. The third-order valence-corrected chi connectivity index (χ3v) is 6.95. The quantitative estimate of drug-likeness (QED) is 0.720. The highest BCUT2D eigenvalue weighted by molar-refractivity contribution is 7.91. The van der Waals surface area contributed by atoms with Gasteiger partial charge in [-0.1, -0.05) is 12.8 Å². The molecule has 2 saturated heterocycles. The van der Waals surface area contributed by atoms with E-state index in [-0.39, 0.29) is 48.3 Å². The van der Waals surface area contributed by atoms with Crippen LogP contribution in [0.15, 0.2) is 0 Å². The van der Waals surface area contributed by atoms with E-state index in [9.17, 15) is 13.2 Å². The van der Waals surface area contributed by atoms with E-state index < -0.39 is 9.84 Å². The average Bonchev–Trinajstić information content (AvgIpc) is 2.93. The van der Waals surface area contributed by atoms with Crippen molar-refractivity contribution in [1.29, 1.82) is 0 Å². The SMILES string of the molecule is Cl.Cl.O=C(NCCN1CCS(=O)(=O)CC1)C1CC2CCCCC2N1. The van der Waals surface area contributed by atoms with Crippen molar-refractivity contribution >= 4 is 40.6 Å². The predicted octanol–water partition coefficient (Wildman–Crippen LogP) is 0.597. The standard InChI is InChI=1S/C15H27N3O3S.2ClH/c19-15(14-11-12-3-1-2-4-13(12)17-14)16-5-6-18-7-9-22(20,21)10-8-18;;/h12-14,17H,1-11H2,(H,16,19);2*1H. The Hall–Kier alpha value is -0.0800. The first kappa shape index (κ1) is 22.0. The smallest absolute Gasteiger partial charge is 0.237 e. The first-order chi connectivity index (χ1) is 10.5. The van der Waals surface area contributed by atoms with Crippen LogP contribution in [0.5, 0.6) is 0 Å². The summed E-state index contributed by atoms with van der Waals surface area (Å²) in [6.07, 6.45) is 6.01. The van der Waals surface area contributed by atoms with Crippen LogP contribution in [0.2, 0.25) is 0 Å². The van der Waals surface area contributed by atoms with Crippen LogP contribution in [0.25, 0.3) is 0 Å². The molecule has 3 unspecified atom stereocenters. The first-order valence-corrected chi connectivity index (χ1v) is 10.3. The van der Waals surface area contributed by atoms with Gasteiger partial charge in [-0.25, -0.2) is 8.42 Å². The summed E-state index contributed by atoms with van der Waals surface area (Å²) in [5, 5.41) is 6.50. The molecule has 0 spiro atoms. The lowest BCUT2D eigenvalue weighted by atomic mass is 9.85. The summed E-state index contributed by atoms with van der Waals surface area (Å²) in [4.78, 5) is 14.4. The van der Waals surface area contributed by atoms with Gasteiger partial charge in [0.2, 0.25) is 5.91 Å². The highest BCUT2D eigenvalue weighted by atomic mass is 35.5. The van der Waals surface area contributed by atoms with E-state index in [0.29, 0.717) is 31.6 Å². The molecule has 2 N–H and O–H groups in total. The summed E-state index contributed by atoms with van der Waals surface area (Å²) in [6.45, 7) is 2.52. The van der Waals surface area contributed by atoms with E-state index in [1.54, 1.807) is 0 Å². The summed E-state index contributed by atoms with van der Waals surface area (Å²) < 4.78 is 22.7. The molecule has 0 radical (unpaired) electrons. The molecule has 3 aliphatic rings. The summed E-state index contributed by atoms with van der Waals surface area (Å²) in [7, 11) is -2.82. The predicted molar refractivity (Wildman–Crippen MR) is 99.9 cm³/mol. The lowest BCUT2D eigenvalue weighted by Gasteiger charge is -2.26. The number of amides is 1. The van der Waals surface area contributed by atoms with Crippen molar-refractivity contribution in [3.8, 4) is 0 Å². The van der Waals surface area contributed by atoms with E-state index in [1.807, 2.05) is 0 Å². The Morgan fingerprint density at radius 1 is 1.12 bits per heavy atom. The lowest BCUT2D eigenvalue weighted by Crippen LogP contribution is -2.47. The Morgan fingerprint density at radius 2 is 1.79 bits per heavy atom. The fraction of sp³-hybridized carbons (Fsp3) is 0.933. The molecule has 1 aliphatic carbocycles. The minimum atomic E-state index is -2.82. The molecule has 0 aromatic heterocycles. The van der Waals surface area contributed by atoms with Gasteiger partial charge in [0, 0.05) is 32.2 Å². The molecule has 3 fully saturated rings. The highest BCUT2D eigenvalue weighted by Gasteiger charge is 2.38. The zero-order valence-electron chi connectivity index (χ0n) is 13.9. The second-order valence-electron chi connectivity index (χ2n) is 6.89. The fourth-order valence-electron chi connectivity index (χ4n) is 3.96. The Balaban J connectivity index is 0.00000144. The van der Waals surface area contributed by atoms with Gasteiger partial charge in [0.05, 0.1) is 17.5 Å². The number of fused-ring (bicyclic) bond motifs is 1. The van der Waals surface area contributed by atoms with E-state index in [4.69, 9.17) is 0 Å². The van der Waals surface area contributed by atoms with Gasteiger partial charge in [-0.15, -0.1) is 24.8 Å². The molecular weight excluding hydrogens is 373 g/mol. The molecule has 3 rings (SSSR count). The van der Waals surface area contributed by atoms with Crippen LogP contribution in [-0.2, 0) is 14.6 Å². The van der Waals surface area contributed by atoms with Crippen LogP contribution in [0.4, 0.5) is 0 Å². The number of carbonyl (C=O) groups excluding carboxylic acids is 1. The number of carbonyl (C=O) groups is 1. The third-order valence-electron chi connectivity index (χ3n) is 5.34. The highest BCUT2D eigenvalue weighted by Crippen LogP contribution is 2.33. The molecule has 0 bridgehead atoms. The maximum Gasteiger partial charge on any atom is 0.237 e. The Bertz CT molecular complexity index is 490. The van der Waals surface area contributed by atoms with Crippen LogP contribution in [0, 0.1) is 5.92 Å². The maximum absolute atomic E-state index is 12.2. The second-order valence-corrected chi connectivity index (χ2v) is 9.19. The summed E-state index contributed by atoms with van der Waals surface area (Å²) in [5.41, 5.74) is 0. The molecule has 24 heavy (non-hydrogen) atoms. The van der Waals surface area contributed by atoms with E-state index in [2.05, 4.69) is 15.5 Å². The van der Waals surface area contributed by atoms with Gasteiger partial charge in [0.15, 0.2) is 9.84 Å². The molecular formula is C15H29Cl2N3O3S. The van der Waals surface area contributed by atoms with E-state index >= 15 is 0 Å². The van der Waals surface area contributed by atoms with Crippen molar-refractivity contribution in [3.05, 3.63) is 0 Å². The van der Waals surface area contributed by atoms with Crippen molar-refractivity contribution in [2.24, 2.45) is 5.92 Å². The first-order valence-electron chi connectivity index (χ1n) is 8.50. The largest absolute Gasteiger partial charge is 0.353 e. The molecule has 0 aromatic carbocycles. The van der Waals surface area contributed by atoms with Gasteiger partial charge in [-0.05, 0) is 25.2 Å². The molecule has 9 heteroatoms. The zero-order chi connectivity index (χ0) is 15.6. The minimum Gasteiger partial charge on any atom is -0.353 e. The Morgan fingerprint density at radius 3 is 2.46 bits per heavy atom. The van der Waals surface area contributed by atoms with Crippen molar-refractivity contribution < 1.29 is 13.2 Å². The normalized spacial score (nSPS) is 32.1. The van der Waals surface area contributed by atoms with Crippen LogP contribution in [0.1, 0.15) is 32.1 Å². The van der Waals surface area contributed by atoms with E-state index in [1.165, 1.54) is 25.7 Å². The van der Waals surface area contributed by atoms with Crippen molar-refractivity contribution in [1.82, 2.24) is 15.5 Å². The number of rotatable bonds is 4. The fourth-order valence-corrected chi connectivity index (χ4v) is 5.23. The third kappa shape index (κ3) is 5.73. The number of halogens is 2. The average molecular weight is 402 g/mol. The van der Waals surface area contributed by atoms with Crippen molar-refractivity contribution in [3.63, 3.8) is 0 Å². The number of hydrogen-bond acceptors (Lipinski definition) is 5. The maximum atomic E-state index is 12.2. The van der Waals surface area contributed by atoms with Gasteiger partial charge in [0.1, 0.15) is 0 Å². The van der Waals surface area contributed by atoms with Crippen LogP contribution in [-0.4, -0.2) is 69.0 Å². The molecule has 3 atom stereocenters. The number of sulfone groups is 1. The molecule has 0 aromatic rings. The molecule has 2 aliphatic heterocycles. The molecule has 6 nitrogen and oxygen atoms in total. The molecule has 1 amide bonds. The zero-order valence-corrected chi connectivity index (χ0v) is 16.4. The van der Waals surface area contributed by atoms with Gasteiger partial charge >= 0.3 is 0 Å². The van der Waals surface area contributed by atoms with E-state index in [0.717, 1.165) is 13.0 Å². The second kappa shape index (κ2) is 9.57. The summed E-state index contributed by atoms with van der Waals surface area (Å²) >= 11 is 0. The Kier molecular flexibility index (Phi) is 8.76. The van der Waals surface area contributed by atoms with Gasteiger partial charge in [-0.3, -0.25) is 9.69 Å². The van der Waals surface area contributed by atoms with Crippen molar-refractivity contribution in [2.45, 2.75) is 44.2 Å². The number of nitrogens with one attached hydrogen (secondary N) is 2. The molecule has 2 heterocycles. The molecule has 1 saturated carbocycles. The van der Waals surface area contributed by atoms with Crippen LogP contribution < -0.4 is 10.6 Å². The van der Waals surface area contributed by atoms with Gasteiger partial charge in [-0.2, -0.15) is 0 Å². The van der Waals surface area contributed by atoms with Crippen LogP contribution in [0.3, 0.4) is 0 Å². The monoisotopic (exact) mass is 401 g/mol. The Labute approximate surface area is 157 Å². The van der Waals surface area contributed by atoms with Crippen LogP contribution >= 0.6 is 24.8 Å². The van der Waals surface area contributed by atoms with Gasteiger partial charge in [0.25, 0.3) is 0 Å². The topological polar surface area (TPSA) is 78.5 Å². The number of hydrogen-bond donors (Lipinski definition) is 2. The number of nitrogens with zero attached hydrogens (tertiary/aromatic N) is 1.